The first-order valence-electron chi connectivity index (χ1n) is 10.9. The molecule has 0 heterocycles. The van der Waals surface area contributed by atoms with Gasteiger partial charge in [-0.05, 0) is 37.8 Å². The fraction of sp³-hybridized carbons (Fsp3) is 0.667. The molecule has 0 aromatic heterocycles. The van der Waals surface area contributed by atoms with Crippen LogP contribution in [-0.2, 0) is 9.47 Å². The maximum atomic E-state index is 12.4. The largest absolute Gasteiger partial charge is 0.462 e. The van der Waals surface area contributed by atoms with Crippen LogP contribution in [0, 0.1) is 5.92 Å². The molecule has 0 aliphatic carbocycles. The van der Waals surface area contributed by atoms with Gasteiger partial charge < -0.3 is 9.47 Å². The number of carbonyl (C=O) groups excluding carboxylic acids is 2. The Morgan fingerprint density at radius 1 is 0.821 bits per heavy atom. The quantitative estimate of drug-likeness (QED) is 0.266. The Bertz CT molecular complexity index is 580. The van der Waals surface area contributed by atoms with Gasteiger partial charge in [-0.15, -0.1) is 0 Å². The first-order chi connectivity index (χ1) is 13.5. The molecular weight excluding hydrogens is 352 g/mol. The maximum Gasteiger partial charge on any atom is 0.339 e. The molecule has 0 fully saturated rings. The number of esters is 2. The van der Waals surface area contributed by atoms with Crippen molar-refractivity contribution in [1.29, 1.82) is 0 Å². The van der Waals surface area contributed by atoms with Gasteiger partial charge in [-0.25, -0.2) is 9.59 Å². The van der Waals surface area contributed by atoms with E-state index >= 15 is 0 Å². The lowest BCUT2D eigenvalue weighted by Crippen LogP contribution is -2.18. The Labute approximate surface area is 171 Å². The smallest absolute Gasteiger partial charge is 0.339 e. The third-order valence-corrected chi connectivity index (χ3v) is 4.91. The fourth-order valence-corrected chi connectivity index (χ4v) is 2.95. The maximum absolute atomic E-state index is 12.4. The Kier molecular flexibility index (Phi) is 12.3. The van der Waals surface area contributed by atoms with Gasteiger partial charge in [0.15, 0.2) is 0 Å². The molecule has 0 N–H and O–H groups in total. The lowest BCUT2D eigenvalue weighted by molar-refractivity contribution is 0.0321. The van der Waals surface area contributed by atoms with Gasteiger partial charge in [0.2, 0.25) is 0 Å². The summed E-state index contributed by atoms with van der Waals surface area (Å²) in [6.07, 6.45) is 10.2. The highest BCUT2D eigenvalue weighted by Gasteiger charge is 2.20. The first-order valence-corrected chi connectivity index (χ1v) is 10.9. The highest BCUT2D eigenvalue weighted by atomic mass is 16.5. The summed E-state index contributed by atoms with van der Waals surface area (Å²) in [6.45, 7) is 8.72. The minimum absolute atomic E-state index is 0.179. The molecule has 158 valence electrons. The molecular formula is C24H38O4. The molecule has 0 bridgehead atoms. The Hall–Kier alpha value is -1.84. The number of carbonyl (C=O) groups is 2. The molecule has 4 heteroatoms. The van der Waals surface area contributed by atoms with Crippen LogP contribution in [0.1, 0.15) is 106 Å². The van der Waals surface area contributed by atoms with Gasteiger partial charge in [0.1, 0.15) is 0 Å². The van der Waals surface area contributed by atoms with E-state index in [1.54, 1.807) is 24.3 Å². The van der Waals surface area contributed by atoms with Crippen LogP contribution in [0.3, 0.4) is 0 Å². The van der Waals surface area contributed by atoms with Crippen LogP contribution in [0.15, 0.2) is 24.3 Å². The van der Waals surface area contributed by atoms with Crippen LogP contribution in [0.2, 0.25) is 0 Å². The van der Waals surface area contributed by atoms with Crippen molar-refractivity contribution < 1.29 is 19.1 Å². The minimum atomic E-state index is -0.473. The van der Waals surface area contributed by atoms with E-state index in [1.807, 2.05) is 13.8 Å². The summed E-state index contributed by atoms with van der Waals surface area (Å²) in [7, 11) is 0. The zero-order valence-electron chi connectivity index (χ0n) is 18.2. The van der Waals surface area contributed by atoms with E-state index in [2.05, 4.69) is 13.8 Å². The zero-order chi connectivity index (χ0) is 20.8. The number of hydrogen-bond acceptors (Lipinski definition) is 4. The average Bonchev–Trinajstić information content (AvgIpc) is 2.68. The molecule has 0 radical (unpaired) electrons. The average molecular weight is 391 g/mol. The highest BCUT2D eigenvalue weighted by Crippen LogP contribution is 2.15. The van der Waals surface area contributed by atoms with Crippen LogP contribution in [0.4, 0.5) is 0 Å². The predicted molar refractivity (Wildman–Crippen MR) is 114 cm³/mol. The third-order valence-electron chi connectivity index (χ3n) is 4.91. The lowest BCUT2D eigenvalue weighted by Gasteiger charge is -2.13. The number of unbranched alkanes of at least 4 members (excludes halogenated alkanes) is 6. The molecule has 0 spiro atoms. The summed E-state index contributed by atoms with van der Waals surface area (Å²) in [6, 6.07) is 6.69. The van der Waals surface area contributed by atoms with Crippen molar-refractivity contribution in [2.75, 3.05) is 6.61 Å². The van der Waals surface area contributed by atoms with E-state index in [4.69, 9.17) is 9.47 Å². The van der Waals surface area contributed by atoms with Crippen molar-refractivity contribution in [3.05, 3.63) is 35.4 Å². The molecule has 4 nitrogen and oxygen atoms in total. The number of hydrogen-bond donors (Lipinski definition) is 0. The molecule has 1 atom stereocenters. The van der Waals surface area contributed by atoms with Gasteiger partial charge in [-0.3, -0.25) is 0 Å². The second-order valence-electron chi connectivity index (χ2n) is 7.96. The molecule has 0 aliphatic rings. The fourth-order valence-electron chi connectivity index (χ4n) is 2.95. The summed E-state index contributed by atoms with van der Waals surface area (Å²) in [4.78, 5) is 24.6. The molecule has 0 amide bonds. The predicted octanol–water partition coefficient (Wildman–Crippen LogP) is 6.58. The van der Waals surface area contributed by atoms with Crippen LogP contribution in [0.5, 0.6) is 0 Å². The second kappa shape index (κ2) is 14.2. The zero-order valence-corrected chi connectivity index (χ0v) is 18.2. The topological polar surface area (TPSA) is 52.6 Å². The summed E-state index contributed by atoms with van der Waals surface area (Å²) in [5, 5.41) is 0. The monoisotopic (exact) mass is 390 g/mol. The van der Waals surface area contributed by atoms with Crippen LogP contribution >= 0.6 is 0 Å². The summed E-state index contributed by atoms with van der Waals surface area (Å²) < 4.78 is 10.7. The second-order valence-corrected chi connectivity index (χ2v) is 7.96. The van der Waals surface area contributed by atoms with E-state index < -0.39 is 11.9 Å². The van der Waals surface area contributed by atoms with E-state index in [9.17, 15) is 9.59 Å². The van der Waals surface area contributed by atoms with Gasteiger partial charge in [0, 0.05) is 0 Å². The molecule has 1 rings (SSSR count). The van der Waals surface area contributed by atoms with E-state index in [0.717, 1.165) is 25.2 Å². The van der Waals surface area contributed by atoms with Crippen molar-refractivity contribution in [2.24, 2.45) is 5.92 Å². The van der Waals surface area contributed by atoms with Crippen LogP contribution < -0.4 is 0 Å². The summed E-state index contributed by atoms with van der Waals surface area (Å²) in [5.74, 6) is -0.124. The van der Waals surface area contributed by atoms with Crippen LogP contribution in [-0.4, -0.2) is 24.6 Å². The van der Waals surface area contributed by atoms with Gasteiger partial charge in [-0.1, -0.05) is 77.8 Å². The van der Waals surface area contributed by atoms with Gasteiger partial charge >= 0.3 is 11.9 Å². The standard InChI is InChI=1S/C24H38O4/c1-5-20(4)28-24(26)22-17-13-12-16-21(22)23(25)27-18-14-10-8-6-7-9-11-15-19(2)3/h12-13,16-17,19-20H,5-11,14-15,18H2,1-4H3. The van der Waals surface area contributed by atoms with Crippen molar-refractivity contribution in [2.45, 2.75) is 91.6 Å². The number of rotatable bonds is 14. The van der Waals surface area contributed by atoms with Crippen molar-refractivity contribution in [3.63, 3.8) is 0 Å². The molecule has 1 aromatic carbocycles. The summed E-state index contributed by atoms with van der Waals surface area (Å²) >= 11 is 0. The Morgan fingerprint density at radius 2 is 1.36 bits per heavy atom. The Balaban J connectivity index is 2.28. The molecule has 0 saturated carbocycles. The van der Waals surface area contributed by atoms with Crippen molar-refractivity contribution in [1.82, 2.24) is 0 Å². The first kappa shape index (κ1) is 24.2. The van der Waals surface area contributed by atoms with Crippen LogP contribution in [0.25, 0.3) is 0 Å². The SMILES string of the molecule is CCC(C)OC(=O)c1ccccc1C(=O)OCCCCCCCCCC(C)C. The number of benzene rings is 1. The molecule has 1 unspecified atom stereocenters. The highest BCUT2D eigenvalue weighted by molar-refractivity contribution is 6.03. The minimum Gasteiger partial charge on any atom is -0.462 e. The lowest BCUT2D eigenvalue weighted by atomic mass is 10.0. The van der Waals surface area contributed by atoms with E-state index in [1.165, 1.54) is 38.5 Å². The molecule has 0 saturated heterocycles. The molecule has 28 heavy (non-hydrogen) atoms. The normalized spacial score (nSPS) is 12.0. The Morgan fingerprint density at radius 3 is 1.93 bits per heavy atom. The molecule has 1 aromatic rings. The van der Waals surface area contributed by atoms with Crippen molar-refractivity contribution >= 4 is 11.9 Å². The molecule has 0 aliphatic heterocycles. The van der Waals surface area contributed by atoms with E-state index in [0.29, 0.717) is 6.61 Å². The van der Waals surface area contributed by atoms with Gasteiger partial charge in [0.05, 0.1) is 23.8 Å². The number of ether oxygens (including phenoxy) is 2. The van der Waals surface area contributed by atoms with Gasteiger partial charge in [0.25, 0.3) is 0 Å². The third kappa shape index (κ3) is 9.91. The summed E-state index contributed by atoms with van der Waals surface area (Å²) in [5.41, 5.74) is 0.551. The van der Waals surface area contributed by atoms with Gasteiger partial charge in [-0.2, -0.15) is 0 Å². The van der Waals surface area contributed by atoms with Crippen molar-refractivity contribution in [3.8, 4) is 0 Å². The van der Waals surface area contributed by atoms with E-state index in [-0.39, 0.29) is 17.2 Å².